The zero-order valence-corrected chi connectivity index (χ0v) is 14.6. The number of carbonyl (C=O) groups is 2. The number of hydrogen-bond acceptors (Lipinski definition) is 4. The van der Waals surface area contributed by atoms with Gasteiger partial charge in [0.2, 0.25) is 5.88 Å². The van der Waals surface area contributed by atoms with Gasteiger partial charge in [-0.25, -0.2) is 4.98 Å². The number of amides is 2. The third-order valence-electron chi connectivity index (χ3n) is 4.10. The third-order valence-corrected chi connectivity index (χ3v) is 4.10. The third kappa shape index (κ3) is 3.83. The molecule has 0 unspecified atom stereocenters. The van der Waals surface area contributed by atoms with Crippen LogP contribution in [-0.4, -0.2) is 35.4 Å². The first-order valence-electron chi connectivity index (χ1n) is 8.24. The van der Waals surface area contributed by atoms with Crippen molar-refractivity contribution in [2.45, 2.75) is 13.3 Å². The molecule has 3 N–H and O–H groups in total. The summed E-state index contributed by atoms with van der Waals surface area (Å²) in [6.45, 7) is 2.37. The molecule has 26 heavy (non-hydrogen) atoms. The first-order valence-corrected chi connectivity index (χ1v) is 8.24. The highest BCUT2D eigenvalue weighted by Gasteiger charge is 2.14. The van der Waals surface area contributed by atoms with Crippen LogP contribution >= 0.6 is 0 Å². The summed E-state index contributed by atoms with van der Waals surface area (Å²) in [5.41, 5.74) is 3.70. The largest absolute Gasteiger partial charge is 0.481 e. The molecule has 0 bridgehead atoms. The summed E-state index contributed by atoms with van der Waals surface area (Å²) in [4.78, 5) is 31.2. The number of aromatic nitrogens is 2. The zero-order valence-electron chi connectivity index (χ0n) is 14.6. The number of hydrogen-bond donors (Lipinski definition) is 3. The number of benzene rings is 1. The average Bonchev–Trinajstić information content (AvgIpc) is 2.97. The second-order valence-corrected chi connectivity index (χ2v) is 5.82. The lowest BCUT2D eigenvalue weighted by atomic mass is 10.1. The van der Waals surface area contributed by atoms with Gasteiger partial charge < -0.3 is 20.4 Å². The Bertz CT molecular complexity index is 932. The quantitative estimate of drug-likeness (QED) is 0.613. The van der Waals surface area contributed by atoms with Gasteiger partial charge in [0.15, 0.2) is 0 Å². The molecule has 0 radical (unpaired) electrons. The van der Waals surface area contributed by atoms with E-state index >= 15 is 0 Å². The summed E-state index contributed by atoms with van der Waals surface area (Å²) in [7, 11) is 1.50. The summed E-state index contributed by atoms with van der Waals surface area (Å²) >= 11 is 0. The van der Waals surface area contributed by atoms with Gasteiger partial charge in [0, 0.05) is 29.2 Å². The number of nitrogens with zero attached hydrogens (tertiary/aromatic N) is 1. The Morgan fingerprint density at radius 2 is 1.96 bits per heavy atom. The number of H-pyrrole nitrogens is 1. The number of carbonyl (C=O) groups excluding carboxylic acids is 2. The monoisotopic (exact) mass is 352 g/mol. The minimum absolute atomic E-state index is 0.371. The van der Waals surface area contributed by atoms with Gasteiger partial charge in [0.1, 0.15) is 0 Å². The van der Waals surface area contributed by atoms with E-state index in [4.69, 9.17) is 4.74 Å². The number of para-hydroxylation sites is 1. The molecule has 0 fully saturated rings. The summed E-state index contributed by atoms with van der Waals surface area (Å²) < 4.78 is 4.94. The van der Waals surface area contributed by atoms with Crippen molar-refractivity contribution in [2.75, 3.05) is 19.0 Å². The molecule has 0 spiro atoms. The normalized spacial score (nSPS) is 10.5. The zero-order chi connectivity index (χ0) is 18.5. The van der Waals surface area contributed by atoms with Crippen molar-refractivity contribution in [1.29, 1.82) is 0 Å². The Labute approximate surface area is 150 Å². The molecule has 7 heteroatoms. The molecule has 2 aromatic heterocycles. The number of aryl methyl sites for hydroxylation is 1. The van der Waals surface area contributed by atoms with Crippen molar-refractivity contribution < 1.29 is 14.3 Å². The van der Waals surface area contributed by atoms with Crippen LogP contribution in [0.25, 0.3) is 10.9 Å². The molecule has 2 amide bonds. The van der Waals surface area contributed by atoms with Crippen LogP contribution in [0.1, 0.15) is 11.3 Å². The van der Waals surface area contributed by atoms with Crippen molar-refractivity contribution >= 4 is 28.4 Å². The maximum atomic E-state index is 12.0. The maximum Gasteiger partial charge on any atom is 0.313 e. The molecule has 0 aliphatic heterocycles. The highest BCUT2D eigenvalue weighted by molar-refractivity contribution is 6.39. The van der Waals surface area contributed by atoms with E-state index in [9.17, 15) is 9.59 Å². The maximum absolute atomic E-state index is 12.0. The van der Waals surface area contributed by atoms with E-state index in [0.29, 0.717) is 24.5 Å². The van der Waals surface area contributed by atoms with Crippen molar-refractivity contribution in [1.82, 2.24) is 15.3 Å². The Hall–Kier alpha value is -3.35. The predicted molar refractivity (Wildman–Crippen MR) is 99.2 cm³/mol. The fraction of sp³-hybridized carbons (Fsp3) is 0.211. The number of nitrogens with one attached hydrogen (secondary N) is 3. The summed E-state index contributed by atoms with van der Waals surface area (Å²) in [5, 5.41) is 6.28. The van der Waals surface area contributed by atoms with E-state index in [1.807, 2.05) is 31.2 Å². The molecule has 0 aliphatic carbocycles. The van der Waals surface area contributed by atoms with E-state index in [0.717, 1.165) is 22.2 Å². The van der Waals surface area contributed by atoms with E-state index in [-0.39, 0.29) is 0 Å². The van der Waals surface area contributed by atoms with E-state index in [2.05, 4.69) is 20.6 Å². The Morgan fingerprint density at radius 3 is 2.69 bits per heavy atom. The van der Waals surface area contributed by atoms with Gasteiger partial charge in [0.05, 0.1) is 19.0 Å². The van der Waals surface area contributed by atoms with Crippen LogP contribution in [0, 0.1) is 6.92 Å². The average molecular weight is 352 g/mol. The second kappa shape index (κ2) is 7.69. The van der Waals surface area contributed by atoms with E-state index in [1.165, 1.54) is 13.3 Å². The summed E-state index contributed by atoms with van der Waals surface area (Å²) in [5.74, 6) is -0.979. The molecule has 3 rings (SSSR count). The molecule has 0 saturated carbocycles. The number of aromatic amines is 1. The summed E-state index contributed by atoms with van der Waals surface area (Å²) in [6.07, 6.45) is 2.07. The van der Waals surface area contributed by atoms with Crippen LogP contribution in [0.15, 0.2) is 42.6 Å². The van der Waals surface area contributed by atoms with Crippen LogP contribution in [0.5, 0.6) is 5.88 Å². The Kier molecular flexibility index (Phi) is 5.17. The highest BCUT2D eigenvalue weighted by atomic mass is 16.5. The van der Waals surface area contributed by atoms with Crippen LogP contribution in [0.3, 0.4) is 0 Å². The highest BCUT2D eigenvalue weighted by Crippen LogP contribution is 2.21. The lowest BCUT2D eigenvalue weighted by Crippen LogP contribution is -2.36. The molecule has 0 atom stereocenters. The Morgan fingerprint density at radius 1 is 1.15 bits per heavy atom. The van der Waals surface area contributed by atoms with Gasteiger partial charge in [-0.15, -0.1) is 0 Å². The van der Waals surface area contributed by atoms with Gasteiger partial charge in [-0.1, -0.05) is 18.2 Å². The number of anilines is 1. The number of rotatable bonds is 5. The summed E-state index contributed by atoms with van der Waals surface area (Å²) in [6, 6.07) is 11.2. The number of pyridine rings is 1. The van der Waals surface area contributed by atoms with Gasteiger partial charge >= 0.3 is 11.8 Å². The molecule has 0 aliphatic rings. The first kappa shape index (κ1) is 17.5. The topological polar surface area (TPSA) is 96.1 Å². The minimum atomic E-state index is -0.729. The van der Waals surface area contributed by atoms with Crippen LogP contribution in [0.2, 0.25) is 0 Å². The molecule has 134 valence electrons. The number of ether oxygens (including phenoxy) is 1. The van der Waals surface area contributed by atoms with Crippen LogP contribution in [-0.2, 0) is 16.0 Å². The van der Waals surface area contributed by atoms with Crippen LogP contribution in [0.4, 0.5) is 5.69 Å². The lowest BCUT2D eigenvalue weighted by molar-refractivity contribution is -0.136. The molecular weight excluding hydrogens is 332 g/mol. The molecule has 0 saturated heterocycles. The van der Waals surface area contributed by atoms with Crippen molar-refractivity contribution in [3.63, 3.8) is 0 Å². The number of methoxy groups -OCH3 is 1. The fourth-order valence-corrected chi connectivity index (χ4v) is 2.80. The van der Waals surface area contributed by atoms with Gasteiger partial charge in [0.25, 0.3) is 0 Å². The molecular formula is C19H20N4O3. The molecule has 1 aromatic carbocycles. The van der Waals surface area contributed by atoms with Gasteiger partial charge in [-0.3, -0.25) is 9.59 Å². The SMILES string of the molecule is COc1ccc(NC(=O)C(=O)NCCc2c(C)[nH]c3ccccc23)cn1. The molecule has 7 nitrogen and oxygen atoms in total. The van der Waals surface area contributed by atoms with Crippen molar-refractivity contribution in [3.8, 4) is 5.88 Å². The Balaban J connectivity index is 1.54. The first-order chi connectivity index (χ1) is 12.6. The van der Waals surface area contributed by atoms with Crippen molar-refractivity contribution in [3.05, 3.63) is 53.9 Å². The standard InChI is InChI=1S/C19H20N4O3/c1-12-14(15-5-3-4-6-16(15)22-12)9-10-20-18(24)19(25)23-13-7-8-17(26-2)21-11-13/h3-8,11,22H,9-10H2,1-2H3,(H,20,24)(H,23,25). The molecule has 3 aromatic rings. The van der Waals surface area contributed by atoms with Crippen molar-refractivity contribution in [2.24, 2.45) is 0 Å². The number of fused-ring (bicyclic) bond motifs is 1. The molecule has 2 heterocycles. The predicted octanol–water partition coefficient (Wildman–Crippen LogP) is 2.18. The van der Waals surface area contributed by atoms with Gasteiger partial charge in [-0.2, -0.15) is 0 Å². The smallest absolute Gasteiger partial charge is 0.313 e. The van der Waals surface area contributed by atoms with Gasteiger partial charge in [-0.05, 0) is 31.0 Å². The van der Waals surface area contributed by atoms with E-state index < -0.39 is 11.8 Å². The lowest BCUT2D eigenvalue weighted by Gasteiger charge is -2.07. The second-order valence-electron chi connectivity index (χ2n) is 5.82. The van der Waals surface area contributed by atoms with Crippen LogP contribution < -0.4 is 15.4 Å². The minimum Gasteiger partial charge on any atom is -0.481 e. The fourth-order valence-electron chi connectivity index (χ4n) is 2.80. The van der Waals surface area contributed by atoms with E-state index in [1.54, 1.807) is 12.1 Å².